The maximum Gasteiger partial charge on any atom is 0.269 e. The summed E-state index contributed by atoms with van der Waals surface area (Å²) in [4.78, 5) is 10.6. The van der Waals surface area contributed by atoms with E-state index in [0.717, 1.165) is 11.3 Å². The van der Waals surface area contributed by atoms with Gasteiger partial charge in [0.05, 0.1) is 10.6 Å². The van der Waals surface area contributed by atoms with Crippen LogP contribution in [0.15, 0.2) is 53.7 Å². The van der Waals surface area contributed by atoms with E-state index in [1.807, 2.05) is 25.1 Å². The van der Waals surface area contributed by atoms with Gasteiger partial charge in [-0.1, -0.05) is 49.9 Å². The summed E-state index contributed by atoms with van der Waals surface area (Å²) in [6.45, 7) is 6.27. The zero-order valence-corrected chi connectivity index (χ0v) is 15.6. The lowest BCUT2D eigenvalue weighted by Crippen LogP contribution is -2.01. The molecule has 0 fully saturated rings. The van der Waals surface area contributed by atoms with Gasteiger partial charge in [0.15, 0.2) is 0 Å². The molecule has 1 heterocycles. The molecule has 2 aromatic carbocycles. The van der Waals surface area contributed by atoms with Gasteiger partial charge in [0.1, 0.15) is 0 Å². The molecule has 1 unspecified atom stereocenters. The van der Waals surface area contributed by atoms with E-state index >= 15 is 0 Å². The number of non-ortho nitro benzene ring substituents is 1. The number of rotatable bonds is 6. The van der Waals surface area contributed by atoms with E-state index in [9.17, 15) is 10.1 Å². The molecule has 26 heavy (non-hydrogen) atoms. The molecule has 0 aliphatic heterocycles. The molecule has 1 aromatic heterocycles. The molecule has 0 aliphatic carbocycles. The maximum atomic E-state index is 11.0. The summed E-state index contributed by atoms with van der Waals surface area (Å²) >= 11 is 1.46. The van der Waals surface area contributed by atoms with Crippen molar-refractivity contribution < 1.29 is 4.92 Å². The van der Waals surface area contributed by atoms with Crippen molar-refractivity contribution in [1.82, 2.24) is 20.2 Å². The molecule has 3 aromatic rings. The van der Waals surface area contributed by atoms with Gasteiger partial charge in [0.2, 0.25) is 5.16 Å². The van der Waals surface area contributed by atoms with E-state index in [2.05, 4.69) is 41.5 Å². The van der Waals surface area contributed by atoms with Gasteiger partial charge in [-0.3, -0.25) is 10.1 Å². The largest absolute Gasteiger partial charge is 0.269 e. The number of aromatic nitrogens is 4. The highest BCUT2D eigenvalue weighted by molar-refractivity contribution is 7.99. The molecular weight excluding hydrogens is 350 g/mol. The minimum absolute atomic E-state index is 0.0328. The van der Waals surface area contributed by atoms with Gasteiger partial charge < -0.3 is 0 Å². The van der Waals surface area contributed by atoms with Crippen LogP contribution < -0.4 is 0 Å². The van der Waals surface area contributed by atoms with Gasteiger partial charge >= 0.3 is 0 Å². The number of tetrazole rings is 1. The van der Waals surface area contributed by atoms with Crippen molar-refractivity contribution >= 4 is 17.4 Å². The fourth-order valence-corrected chi connectivity index (χ4v) is 3.46. The summed E-state index contributed by atoms with van der Waals surface area (Å²) < 4.78 is 1.68. The minimum atomic E-state index is -0.388. The van der Waals surface area contributed by atoms with Crippen LogP contribution in [0.1, 0.15) is 43.1 Å². The second-order valence-corrected chi connectivity index (χ2v) is 7.54. The molecule has 0 saturated carbocycles. The van der Waals surface area contributed by atoms with E-state index in [1.165, 1.54) is 23.4 Å². The first kappa shape index (κ1) is 18.1. The molecule has 3 rings (SSSR count). The third-order valence-electron chi connectivity index (χ3n) is 4.08. The number of nitro benzene ring substituents is 1. The third-order valence-corrected chi connectivity index (χ3v) is 5.17. The normalized spacial score (nSPS) is 12.3. The van der Waals surface area contributed by atoms with Gasteiger partial charge in [0, 0.05) is 17.4 Å². The Bertz CT molecular complexity index is 908. The number of thioether (sulfide) groups is 1. The fourth-order valence-electron chi connectivity index (χ4n) is 2.53. The zero-order valence-electron chi connectivity index (χ0n) is 14.7. The molecule has 0 bridgehead atoms. The van der Waals surface area contributed by atoms with Crippen molar-refractivity contribution in [3.8, 4) is 5.69 Å². The first-order chi connectivity index (χ1) is 12.5. The van der Waals surface area contributed by atoms with Crippen LogP contribution in [0.2, 0.25) is 0 Å². The Morgan fingerprint density at radius 3 is 2.46 bits per heavy atom. The average Bonchev–Trinajstić information content (AvgIpc) is 3.10. The summed E-state index contributed by atoms with van der Waals surface area (Å²) in [6, 6.07) is 14.8. The molecule has 7 nitrogen and oxygen atoms in total. The van der Waals surface area contributed by atoms with Crippen LogP contribution in [0.4, 0.5) is 5.69 Å². The van der Waals surface area contributed by atoms with Gasteiger partial charge in [-0.05, 0) is 46.5 Å². The Morgan fingerprint density at radius 2 is 1.81 bits per heavy atom. The molecule has 0 amide bonds. The minimum Gasteiger partial charge on any atom is -0.258 e. The SMILES string of the molecule is CC(C)c1ccc(-n2nnnc2SC(C)c2cccc([N+](=O)[O-])c2)cc1. The monoisotopic (exact) mass is 369 g/mol. The molecular formula is C18H19N5O2S. The summed E-state index contributed by atoms with van der Waals surface area (Å²) in [7, 11) is 0. The molecule has 0 saturated heterocycles. The number of hydrogen-bond donors (Lipinski definition) is 0. The van der Waals surface area contributed by atoms with Crippen molar-refractivity contribution in [2.75, 3.05) is 0 Å². The van der Waals surface area contributed by atoms with E-state index in [0.29, 0.717) is 11.1 Å². The van der Waals surface area contributed by atoms with Gasteiger partial charge in [-0.25, -0.2) is 0 Å². The first-order valence-corrected chi connectivity index (χ1v) is 9.13. The molecule has 0 spiro atoms. The Hall–Kier alpha value is -2.74. The Morgan fingerprint density at radius 1 is 1.08 bits per heavy atom. The first-order valence-electron chi connectivity index (χ1n) is 8.25. The quantitative estimate of drug-likeness (QED) is 0.360. The predicted octanol–water partition coefficient (Wildman–Crippen LogP) is 4.55. The van der Waals surface area contributed by atoms with Crippen LogP contribution in [0.25, 0.3) is 5.69 Å². The lowest BCUT2D eigenvalue weighted by molar-refractivity contribution is -0.384. The van der Waals surface area contributed by atoms with E-state index in [-0.39, 0.29) is 15.9 Å². The molecule has 8 heteroatoms. The average molecular weight is 369 g/mol. The smallest absolute Gasteiger partial charge is 0.258 e. The number of nitro groups is 1. The van der Waals surface area contributed by atoms with E-state index in [4.69, 9.17) is 0 Å². The third kappa shape index (κ3) is 3.91. The summed E-state index contributed by atoms with van der Waals surface area (Å²) in [5.74, 6) is 0.459. The standard InChI is InChI=1S/C18H19N5O2S/c1-12(2)14-7-9-16(10-8-14)22-18(19-20-21-22)26-13(3)15-5-4-6-17(11-15)23(24)25/h4-13H,1-3H3. The van der Waals surface area contributed by atoms with Crippen molar-refractivity contribution in [2.45, 2.75) is 37.1 Å². The predicted molar refractivity (Wildman–Crippen MR) is 101 cm³/mol. The Balaban J connectivity index is 1.82. The Labute approximate surface area is 155 Å². The molecule has 0 N–H and O–H groups in total. The number of nitrogens with zero attached hydrogens (tertiary/aromatic N) is 5. The highest BCUT2D eigenvalue weighted by Crippen LogP contribution is 2.35. The van der Waals surface area contributed by atoms with Crippen LogP contribution in [0.5, 0.6) is 0 Å². The topological polar surface area (TPSA) is 86.7 Å². The van der Waals surface area contributed by atoms with Crippen LogP contribution >= 0.6 is 11.8 Å². The number of benzene rings is 2. The molecule has 0 aliphatic rings. The Kier molecular flexibility index (Phi) is 5.32. The van der Waals surface area contributed by atoms with Gasteiger partial charge in [0.25, 0.3) is 5.69 Å². The second kappa shape index (κ2) is 7.65. The zero-order chi connectivity index (χ0) is 18.7. The van der Waals surface area contributed by atoms with Crippen molar-refractivity contribution in [2.24, 2.45) is 0 Å². The lowest BCUT2D eigenvalue weighted by Gasteiger charge is -2.12. The summed E-state index contributed by atoms with van der Waals surface area (Å²) in [6.07, 6.45) is 0. The second-order valence-electron chi connectivity index (χ2n) is 6.23. The summed E-state index contributed by atoms with van der Waals surface area (Å²) in [5, 5.41) is 23.5. The highest BCUT2D eigenvalue weighted by atomic mass is 32.2. The van der Waals surface area contributed by atoms with E-state index in [1.54, 1.807) is 16.8 Å². The van der Waals surface area contributed by atoms with Crippen LogP contribution in [0, 0.1) is 10.1 Å². The van der Waals surface area contributed by atoms with E-state index < -0.39 is 0 Å². The summed E-state index contributed by atoms with van der Waals surface area (Å²) in [5.41, 5.74) is 3.07. The van der Waals surface area contributed by atoms with Gasteiger partial charge in [-0.15, -0.1) is 5.10 Å². The highest BCUT2D eigenvalue weighted by Gasteiger charge is 2.17. The molecule has 1 atom stereocenters. The van der Waals surface area contributed by atoms with Crippen LogP contribution in [0.3, 0.4) is 0 Å². The van der Waals surface area contributed by atoms with Crippen molar-refractivity contribution in [1.29, 1.82) is 0 Å². The van der Waals surface area contributed by atoms with Crippen molar-refractivity contribution in [3.05, 3.63) is 69.8 Å². The maximum absolute atomic E-state index is 11.0. The fraction of sp³-hybridized carbons (Fsp3) is 0.278. The lowest BCUT2D eigenvalue weighted by atomic mass is 10.0. The van der Waals surface area contributed by atoms with Gasteiger partial charge in [-0.2, -0.15) is 4.68 Å². The molecule has 0 radical (unpaired) electrons. The van der Waals surface area contributed by atoms with Crippen molar-refractivity contribution in [3.63, 3.8) is 0 Å². The number of hydrogen-bond acceptors (Lipinski definition) is 6. The van der Waals surface area contributed by atoms with Crippen LogP contribution in [-0.2, 0) is 0 Å². The molecule has 134 valence electrons. The van der Waals surface area contributed by atoms with Crippen LogP contribution in [-0.4, -0.2) is 25.1 Å².